The van der Waals surface area contributed by atoms with E-state index in [1.165, 1.54) is 4.90 Å². The van der Waals surface area contributed by atoms with Crippen molar-refractivity contribution in [3.8, 4) is 0 Å². The Hall–Kier alpha value is -1.92. The molecule has 1 aliphatic rings. The summed E-state index contributed by atoms with van der Waals surface area (Å²) in [5.41, 5.74) is 0. The lowest BCUT2D eigenvalue weighted by Crippen LogP contribution is -2.57. The maximum Gasteiger partial charge on any atom is 0.294 e. The van der Waals surface area contributed by atoms with E-state index in [0.717, 1.165) is 0 Å². The van der Waals surface area contributed by atoms with Gasteiger partial charge in [0.2, 0.25) is 11.7 Å². The molecular formula is C10H15N5O2. The van der Waals surface area contributed by atoms with Crippen molar-refractivity contribution in [1.82, 2.24) is 25.4 Å². The molecule has 7 nitrogen and oxygen atoms in total. The smallest absolute Gasteiger partial charge is 0.294 e. The fourth-order valence-corrected chi connectivity index (χ4v) is 1.93. The molecule has 7 heteroatoms. The first-order valence-corrected chi connectivity index (χ1v) is 5.61. The number of rotatable bonds is 2. The highest BCUT2D eigenvalue weighted by atomic mass is 16.2. The van der Waals surface area contributed by atoms with E-state index in [0.29, 0.717) is 25.3 Å². The minimum absolute atomic E-state index is 0.112. The average molecular weight is 237 g/mol. The van der Waals surface area contributed by atoms with E-state index in [1.807, 2.05) is 6.92 Å². The van der Waals surface area contributed by atoms with Gasteiger partial charge in [0.1, 0.15) is 11.9 Å². The van der Waals surface area contributed by atoms with Crippen molar-refractivity contribution >= 4 is 11.8 Å². The lowest BCUT2D eigenvalue weighted by molar-refractivity contribution is -0.127. The number of carbonyl (C=O) groups excluding carboxylic acids is 2. The number of hydrogen-bond acceptors (Lipinski definition) is 4. The molecule has 1 aliphatic heterocycles. The molecule has 1 aromatic rings. The summed E-state index contributed by atoms with van der Waals surface area (Å²) in [5, 5.41) is 9.19. The van der Waals surface area contributed by atoms with Crippen molar-refractivity contribution < 1.29 is 9.59 Å². The Morgan fingerprint density at radius 2 is 2.35 bits per heavy atom. The molecule has 0 aliphatic carbocycles. The van der Waals surface area contributed by atoms with Crippen molar-refractivity contribution in [2.24, 2.45) is 0 Å². The number of aromatic nitrogens is 3. The summed E-state index contributed by atoms with van der Waals surface area (Å²) in [7, 11) is 0. The van der Waals surface area contributed by atoms with E-state index in [2.05, 4.69) is 20.5 Å². The van der Waals surface area contributed by atoms with Crippen molar-refractivity contribution in [2.45, 2.75) is 26.3 Å². The molecule has 2 N–H and O–H groups in total. The van der Waals surface area contributed by atoms with Gasteiger partial charge in [-0.2, -0.15) is 0 Å². The number of aromatic amines is 1. The van der Waals surface area contributed by atoms with Gasteiger partial charge in [0.15, 0.2) is 0 Å². The molecular weight excluding hydrogens is 222 g/mol. The van der Waals surface area contributed by atoms with Crippen LogP contribution in [0.1, 0.15) is 29.8 Å². The first-order chi connectivity index (χ1) is 8.13. The molecule has 0 radical (unpaired) electrons. The molecule has 2 heterocycles. The lowest BCUT2D eigenvalue weighted by Gasteiger charge is -2.33. The van der Waals surface area contributed by atoms with Crippen LogP contribution < -0.4 is 5.32 Å². The predicted molar refractivity (Wildman–Crippen MR) is 59.2 cm³/mol. The SMILES string of the molecule is CCC1C(=O)NCCN1C(=O)c1n[nH]c(C)n1. The highest BCUT2D eigenvalue weighted by Gasteiger charge is 2.33. The number of nitrogens with zero attached hydrogens (tertiary/aromatic N) is 3. The zero-order valence-corrected chi connectivity index (χ0v) is 9.86. The van der Waals surface area contributed by atoms with Crippen molar-refractivity contribution in [3.63, 3.8) is 0 Å². The monoisotopic (exact) mass is 237 g/mol. The minimum Gasteiger partial charge on any atom is -0.353 e. The van der Waals surface area contributed by atoms with Crippen LogP contribution >= 0.6 is 0 Å². The zero-order valence-electron chi connectivity index (χ0n) is 9.86. The molecule has 1 aromatic heterocycles. The van der Waals surface area contributed by atoms with Crippen LogP contribution in [0.15, 0.2) is 0 Å². The quantitative estimate of drug-likeness (QED) is 0.723. The third-order valence-corrected chi connectivity index (χ3v) is 2.77. The molecule has 17 heavy (non-hydrogen) atoms. The first-order valence-electron chi connectivity index (χ1n) is 5.61. The van der Waals surface area contributed by atoms with Crippen molar-refractivity contribution in [3.05, 3.63) is 11.6 Å². The zero-order chi connectivity index (χ0) is 12.4. The first kappa shape index (κ1) is 11.6. The third kappa shape index (κ3) is 2.13. The minimum atomic E-state index is -0.421. The summed E-state index contributed by atoms with van der Waals surface area (Å²) in [6.45, 7) is 4.57. The number of nitrogens with one attached hydrogen (secondary N) is 2. The predicted octanol–water partition coefficient (Wildman–Crippen LogP) is -0.536. The van der Waals surface area contributed by atoms with Gasteiger partial charge >= 0.3 is 0 Å². The summed E-state index contributed by atoms with van der Waals surface area (Å²) in [6.07, 6.45) is 0.584. The van der Waals surface area contributed by atoms with E-state index in [4.69, 9.17) is 0 Å². The Bertz CT molecular complexity index is 442. The molecule has 0 spiro atoms. The van der Waals surface area contributed by atoms with Gasteiger partial charge in [-0.05, 0) is 13.3 Å². The molecule has 0 saturated carbocycles. The van der Waals surface area contributed by atoms with E-state index in [-0.39, 0.29) is 17.6 Å². The van der Waals surface area contributed by atoms with Crippen molar-refractivity contribution in [1.29, 1.82) is 0 Å². The average Bonchev–Trinajstić information content (AvgIpc) is 2.74. The van der Waals surface area contributed by atoms with E-state index in [9.17, 15) is 9.59 Å². The Labute approximate surface area is 98.6 Å². The second-order valence-electron chi connectivity index (χ2n) is 3.96. The second-order valence-corrected chi connectivity index (χ2v) is 3.96. The molecule has 0 aromatic carbocycles. The number of piperazine rings is 1. The van der Waals surface area contributed by atoms with Gasteiger partial charge in [-0.3, -0.25) is 14.7 Å². The molecule has 1 fully saturated rings. The number of carbonyl (C=O) groups is 2. The summed E-state index contributed by atoms with van der Waals surface area (Å²) in [6, 6.07) is -0.421. The number of amides is 2. The lowest BCUT2D eigenvalue weighted by atomic mass is 10.1. The summed E-state index contributed by atoms with van der Waals surface area (Å²) >= 11 is 0. The summed E-state index contributed by atoms with van der Waals surface area (Å²) in [5.74, 6) is 0.300. The van der Waals surface area contributed by atoms with Gasteiger partial charge in [-0.1, -0.05) is 6.92 Å². The Kier molecular flexibility index (Phi) is 3.08. The Balaban J connectivity index is 2.20. The second kappa shape index (κ2) is 4.52. The fourth-order valence-electron chi connectivity index (χ4n) is 1.93. The van der Waals surface area contributed by atoms with Gasteiger partial charge < -0.3 is 10.2 Å². The molecule has 1 saturated heterocycles. The van der Waals surface area contributed by atoms with Gasteiger partial charge in [-0.25, -0.2) is 4.98 Å². The van der Waals surface area contributed by atoms with Crippen molar-refractivity contribution in [2.75, 3.05) is 13.1 Å². The topological polar surface area (TPSA) is 91.0 Å². The van der Waals surface area contributed by atoms with Gasteiger partial charge in [0.25, 0.3) is 5.91 Å². The molecule has 0 bridgehead atoms. The van der Waals surface area contributed by atoms with Crippen LogP contribution in [-0.4, -0.2) is 51.0 Å². The largest absolute Gasteiger partial charge is 0.353 e. The van der Waals surface area contributed by atoms with E-state index in [1.54, 1.807) is 6.92 Å². The van der Waals surface area contributed by atoms with Crippen LogP contribution in [0.3, 0.4) is 0 Å². The van der Waals surface area contributed by atoms with Gasteiger partial charge in [0.05, 0.1) is 0 Å². The molecule has 2 amide bonds. The van der Waals surface area contributed by atoms with Crippen LogP contribution in [0.25, 0.3) is 0 Å². The maximum absolute atomic E-state index is 12.1. The Morgan fingerprint density at radius 3 is 2.94 bits per heavy atom. The highest BCUT2D eigenvalue weighted by Crippen LogP contribution is 2.11. The van der Waals surface area contributed by atoms with Gasteiger partial charge in [-0.15, -0.1) is 5.10 Å². The van der Waals surface area contributed by atoms with E-state index < -0.39 is 6.04 Å². The van der Waals surface area contributed by atoms with Gasteiger partial charge in [0, 0.05) is 13.1 Å². The molecule has 1 unspecified atom stereocenters. The standard InChI is InChI=1S/C10H15N5O2/c1-3-7-9(16)11-4-5-15(7)10(17)8-12-6(2)13-14-8/h7H,3-5H2,1-2H3,(H,11,16)(H,12,13,14). The third-order valence-electron chi connectivity index (χ3n) is 2.77. The number of H-pyrrole nitrogens is 1. The number of aryl methyl sites for hydroxylation is 1. The number of hydrogen-bond donors (Lipinski definition) is 2. The normalized spacial score (nSPS) is 20.2. The van der Waals surface area contributed by atoms with Crippen LogP contribution in [0.2, 0.25) is 0 Å². The van der Waals surface area contributed by atoms with Crippen LogP contribution in [0, 0.1) is 6.92 Å². The Morgan fingerprint density at radius 1 is 1.59 bits per heavy atom. The van der Waals surface area contributed by atoms with Crippen LogP contribution in [0.5, 0.6) is 0 Å². The highest BCUT2D eigenvalue weighted by molar-refractivity contribution is 5.95. The fraction of sp³-hybridized carbons (Fsp3) is 0.600. The molecule has 2 rings (SSSR count). The maximum atomic E-state index is 12.1. The summed E-state index contributed by atoms with van der Waals surface area (Å²) < 4.78 is 0. The molecule has 92 valence electrons. The van der Waals surface area contributed by atoms with Crippen LogP contribution in [0.4, 0.5) is 0 Å². The molecule has 1 atom stereocenters. The summed E-state index contributed by atoms with van der Waals surface area (Å²) in [4.78, 5) is 29.3. The van der Waals surface area contributed by atoms with E-state index >= 15 is 0 Å². The van der Waals surface area contributed by atoms with Crippen LogP contribution in [-0.2, 0) is 4.79 Å².